The number of carbonyl (C=O) groups excluding carboxylic acids is 1. The normalized spacial score (nSPS) is 10.1. The zero-order valence-corrected chi connectivity index (χ0v) is 14.0. The highest BCUT2D eigenvalue weighted by atomic mass is 16.7. The third kappa shape index (κ3) is 19.7. The molecule has 0 spiro atoms. The van der Waals surface area contributed by atoms with Gasteiger partial charge in [0.2, 0.25) is 0 Å². The SMILES string of the molecule is CCCCCCO.CCCCN(CCCC)OC(C)=O. The fraction of sp³-hybridized carbons (Fsp3) is 0.938. The summed E-state index contributed by atoms with van der Waals surface area (Å²) in [6.07, 6.45) is 9.10. The first-order valence-corrected chi connectivity index (χ1v) is 8.16. The third-order valence-corrected chi connectivity index (χ3v) is 2.79. The predicted molar refractivity (Wildman–Crippen MR) is 84.4 cm³/mol. The number of hydrogen-bond acceptors (Lipinski definition) is 4. The van der Waals surface area contributed by atoms with E-state index in [1.54, 1.807) is 5.06 Å². The van der Waals surface area contributed by atoms with Crippen molar-refractivity contribution in [2.75, 3.05) is 19.7 Å². The Balaban J connectivity index is 0. The summed E-state index contributed by atoms with van der Waals surface area (Å²) >= 11 is 0. The highest BCUT2D eigenvalue weighted by Crippen LogP contribution is 2.00. The van der Waals surface area contributed by atoms with E-state index >= 15 is 0 Å². The number of unbranched alkanes of at least 4 members (excludes halogenated alkanes) is 5. The minimum atomic E-state index is -0.216. The molecule has 0 bridgehead atoms. The van der Waals surface area contributed by atoms with Crippen molar-refractivity contribution in [2.24, 2.45) is 0 Å². The summed E-state index contributed by atoms with van der Waals surface area (Å²) in [5.74, 6) is -0.216. The van der Waals surface area contributed by atoms with Gasteiger partial charge in [0.25, 0.3) is 0 Å². The van der Waals surface area contributed by atoms with Gasteiger partial charge in [-0.3, -0.25) is 4.79 Å². The molecule has 0 amide bonds. The van der Waals surface area contributed by atoms with Crippen molar-refractivity contribution in [3.8, 4) is 0 Å². The van der Waals surface area contributed by atoms with E-state index in [4.69, 9.17) is 9.94 Å². The molecule has 0 unspecified atom stereocenters. The van der Waals surface area contributed by atoms with E-state index in [9.17, 15) is 4.79 Å². The lowest BCUT2D eigenvalue weighted by molar-refractivity contribution is -0.188. The quantitative estimate of drug-likeness (QED) is 0.462. The number of aliphatic hydroxyl groups excluding tert-OH is 1. The van der Waals surface area contributed by atoms with E-state index < -0.39 is 0 Å². The van der Waals surface area contributed by atoms with Gasteiger partial charge in [-0.2, -0.15) is 0 Å². The molecule has 0 saturated carbocycles. The Morgan fingerprint density at radius 2 is 1.40 bits per heavy atom. The zero-order valence-electron chi connectivity index (χ0n) is 14.0. The van der Waals surface area contributed by atoms with E-state index in [1.165, 1.54) is 26.2 Å². The van der Waals surface area contributed by atoms with Crippen molar-refractivity contribution in [1.29, 1.82) is 0 Å². The molecule has 0 atom stereocenters. The third-order valence-electron chi connectivity index (χ3n) is 2.79. The molecule has 0 aliphatic heterocycles. The van der Waals surface area contributed by atoms with Gasteiger partial charge < -0.3 is 9.94 Å². The smallest absolute Gasteiger partial charge is 0.322 e. The van der Waals surface area contributed by atoms with Crippen molar-refractivity contribution >= 4 is 5.97 Å². The van der Waals surface area contributed by atoms with Gasteiger partial charge in [-0.15, -0.1) is 5.06 Å². The lowest BCUT2D eigenvalue weighted by atomic mass is 10.2. The average Bonchev–Trinajstić information content (AvgIpc) is 2.42. The van der Waals surface area contributed by atoms with Crippen LogP contribution in [-0.4, -0.2) is 35.8 Å². The standard InChI is InChI=1S/C10H21NO2.C6H14O/c1-4-6-8-11(9-7-5-2)13-10(3)12;1-2-3-4-5-6-7/h4-9H2,1-3H3;7H,2-6H2,1H3. The summed E-state index contributed by atoms with van der Waals surface area (Å²) in [5.41, 5.74) is 0. The van der Waals surface area contributed by atoms with Gasteiger partial charge in [0, 0.05) is 26.6 Å². The molecule has 0 rings (SSSR count). The summed E-state index contributed by atoms with van der Waals surface area (Å²) in [4.78, 5) is 15.8. The second-order valence-electron chi connectivity index (χ2n) is 5.00. The summed E-state index contributed by atoms with van der Waals surface area (Å²) in [6.45, 7) is 9.95. The van der Waals surface area contributed by atoms with Crippen molar-refractivity contribution in [2.45, 2.75) is 79.1 Å². The van der Waals surface area contributed by atoms with Gasteiger partial charge in [-0.05, 0) is 19.3 Å². The lowest BCUT2D eigenvalue weighted by Gasteiger charge is -2.19. The number of carbonyl (C=O) groups is 1. The Kier molecular flexibility index (Phi) is 19.9. The molecule has 4 nitrogen and oxygen atoms in total. The van der Waals surface area contributed by atoms with Crippen LogP contribution in [0.5, 0.6) is 0 Å². The number of hydroxylamine groups is 2. The van der Waals surface area contributed by atoms with Gasteiger partial charge in [-0.25, -0.2) is 0 Å². The monoisotopic (exact) mass is 289 g/mol. The molecule has 0 heterocycles. The van der Waals surface area contributed by atoms with Crippen LogP contribution in [0.4, 0.5) is 0 Å². The molecule has 0 aromatic rings. The molecule has 4 heteroatoms. The van der Waals surface area contributed by atoms with Crippen LogP contribution in [0.3, 0.4) is 0 Å². The van der Waals surface area contributed by atoms with Crippen LogP contribution in [0.2, 0.25) is 0 Å². The lowest BCUT2D eigenvalue weighted by Crippen LogP contribution is -2.28. The van der Waals surface area contributed by atoms with Crippen LogP contribution in [0.25, 0.3) is 0 Å². The first-order valence-electron chi connectivity index (χ1n) is 8.16. The molecule has 0 aliphatic carbocycles. The predicted octanol–water partition coefficient (Wildman–Crippen LogP) is 3.93. The number of hydrogen-bond donors (Lipinski definition) is 1. The Morgan fingerprint density at radius 1 is 0.900 bits per heavy atom. The molecular weight excluding hydrogens is 254 g/mol. The molecule has 1 N–H and O–H groups in total. The van der Waals surface area contributed by atoms with E-state index in [0.29, 0.717) is 6.61 Å². The first-order chi connectivity index (χ1) is 9.62. The average molecular weight is 289 g/mol. The topological polar surface area (TPSA) is 49.8 Å². The maximum atomic E-state index is 10.7. The molecule has 0 aromatic heterocycles. The van der Waals surface area contributed by atoms with Crippen LogP contribution < -0.4 is 0 Å². The minimum absolute atomic E-state index is 0.216. The molecule has 20 heavy (non-hydrogen) atoms. The van der Waals surface area contributed by atoms with Crippen molar-refractivity contribution in [1.82, 2.24) is 5.06 Å². The van der Waals surface area contributed by atoms with E-state index in [0.717, 1.165) is 45.2 Å². The van der Waals surface area contributed by atoms with E-state index in [1.807, 2.05) is 0 Å². The molecule has 0 aliphatic rings. The maximum absolute atomic E-state index is 10.7. The van der Waals surface area contributed by atoms with Crippen LogP contribution >= 0.6 is 0 Å². The van der Waals surface area contributed by atoms with Crippen molar-refractivity contribution in [3.63, 3.8) is 0 Å². The second kappa shape index (κ2) is 18.4. The molecule has 122 valence electrons. The van der Waals surface area contributed by atoms with Gasteiger partial charge >= 0.3 is 5.97 Å². The molecule has 0 aromatic carbocycles. The Morgan fingerprint density at radius 3 is 1.75 bits per heavy atom. The van der Waals surface area contributed by atoms with Gasteiger partial charge in [0.05, 0.1) is 0 Å². The Hall–Kier alpha value is -0.610. The minimum Gasteiger partial charge on any atom is -0.396 e. The summed E-state index contributed by atoms with van der Waals surface area (Å²) in [5, 5.41) is 10.1. The largest absolute Gasteiger partial charge is 0.396 e. The Labute approximate surface area is 125 Å². The fourth-order valence-corrected chi connectivity index (χ4v) is 1.59. The summed E-state index contributed by atoms with van der Waals surface area (Å²) in [6, 6.07) is 0. The number of rotatable bonds is 11. The van der Waals surface area contributed by atoms with Gasteiger partial charge in [0.1, 0.15) is 0 Å². The zero-order chi connectivity index (χ0) is 15.6. The first kappa shape index (κ1) is 21.7. The molecule has 0 saturated heterocycles. The van der Waals surface area contributed by atoms with E-state index in [2.05, 4.69) is 20.8 Å². The van der Waals surface area contributed by atoms with Crippen LogP contribution in [0.15, 0.2) is 0 Å². The van der Waals surface area contributed by atoms with E-state index in [-0.39, 0.29) is 5.97 Å². The highest BCUT2D eigenvalue weighted by Gasteiger charge is 2.06. The van der Waals surface area contributed by atoms with Crippen LogP contribution in [0.1, 0.15) is 79.1 Å². The van der Waals surface area contributed by atoms with Crippen LogP contribution in [0, 0.1) is 0 Å². The number of aliphatic hydroxyl groups is 1. The summed E-state index contributed by atoms with van der Waals surface area (Å²) < 4.78 is 0. The van der Waals surface area contributed by atoms with Crippen molar-refractivity contribution in [3.05, 3.63) is 0 Å². The Bertz CT molecular complexity index is 186. The van der Waals surface area contributed by atoms with Crippen molar-refractivity contribution < 1.29 is 14.7 Å². The maximum Gasteiger partial charge on any atom is 0.322 e. The molecule has 0 radical (unpaired) electrons. The highest BCUT2D eigenvalue weighted by molar-refractivity contribution is 5.65. The van der Waals surface area contributed by atoms with Gasteiger partial charge in [0.15, 0.2) is 0 Å². The second-order valence-corrected chi connectivity index (χ2v) is 5.00. The number of nitrogens with zero attached hydrogens (tertiary/aromatic N) is 1. The van der Waals surface area contributed by atoms with Gasteiger partial charge in [-0.1, -0.05) is 52.9 Å². The molecule has 0 fully saturated rings. The van der Waals surface area contributed by atoms with Crippen LogP contribution in [-0.2, 0) is 9.63 Å². The summed E-state index contributed by atoms with van der Waals surface area (Å²) in [7, 11) is 0. The molecular formula is C16H35NO3. The fourth-order valence-electron chi connectivity index (χ4n) is 1.59.